The van der Waals surface area contributed by atoms with E-state index in [-0.39, 0.29) is 5.38 Å². The molecule has 0 fully saturated rings. The molecule has 1 rings (SSSR count). The maximum Gasteiger partial charge on any atom is 0.0622 e. The minimum absolute atomic E-state index is 0.0312. The first-order chi connectivity index (χ1) is 5.75. The molecule has 0 bridgehead atoms. The highest BCUT2D eigenvalue weighted by Crippen LogP contribution is 2.28. The molecule has 12 heavy (non-hydrogen) atoms. The van der Waals surface area contributed by atoms with Crippen LogP contribution in [0.5, 0.6) is 0 Å². The molecule has 1 aromatic rings. The molecule has 0 spiro atoms. The highest BCUT2D eigenvalue weighted by Gasteiger charge is 2.14. The fourth-order valence-corrected chi connectivity index (χ4v) is 1.55. The number of rotatable bonds is 3. The van der Waals surface area contributed by atoms with Gasteiger partial charge >= 0.3 is 0 Å². The van der Waals surface area contributed by atoms with Gasteiger partial charge in [0.2, 0.25) is 0 Å². The van der Waals surface area contributed by atoms with Crippen molar-refractivity contribution < 1.29 is 0 Å². The number of benzene rings is 1. The SMILES string of the molecule is CC(CCl)C(Cl)c1ccccc1. The predicted octanol–water partition coefficient (Wildman–Crippen LogP) is 3.84. The maximum absolute atomic E-state index is 6.17. The average Bonchev–Trinajstić information content (AvgIpc) is 2.17. The summed E-state index contributed by atoms with van der Waals surface area (Å²) in [5.41, 5.74) is 1.15. The Bertz CT molecular complexity index is 221. The molecule has 0 aliphatic rings. The molecule has 66 valence electrons. The molecular weight excluding hydrogens is 191 g/mol. The smallest absolute Gasteiger partial charge is 0.0622 e. The zero-order valence-electron chi connectivity index (χ0n) is 7.00. The van der Waals surface area contributed by atoms with Gasteiger partial charge < -0.3 is 0 Å². The molecule has 0 saturated carbocycles. The van der Waals surface area contributed by atoms with Gasteiger partial charge in [-0.2, -0.15) is 0 Å². The fraction of sp³-hybridized carbons (Fsp3) is 0.400. The molecular formula is C10H12Cl2. The van der Waals surface area contributed by atoms with Crippen LogP contribution in [0.25, 0.3) is 0 Å². The first-order valence-electron chi connectivity index (χ1n) is 4.00. The van der Waals surface area contributed by atoms with Crippen LogP contribution >= 0.6 is 23.2 Å². The maximum atomic E-state index is 6.17. The number of halogens is 2. The van der Waals surface area contributed by atoms with Crippen molar-refractivity contribution in [2.45, 2.75) is 12.3 Å². The summed E-state index contributed by atoms with van der Waals surface area (Å²) in [5, 5.41) is 0.0312. The van der Waals surface area contributed by atoms with E-state index in [1.54, 1.807) is 0 Å². The fourth-order valence-electron chi connectivity index (χ4n) is 1.04. The number of alkyl halides is 2. The van der Waals surface area contributed by atoms with Gasteiger partial charge in [-0.1, -0.05) is 37.3 Å². The average molecular weight is 203 g/mol. The van der Waals surface area contributed by atoms with Crippen molar-refractivity contribution in [1.82, 2.24) is 0 Å². The van der Waals surface area contributed by atoms with Gasteiger partial charge in [0.25, 0.3) is 0 Å². The molecule has 0 amide bonds. The van der Waals surface area contributed by atoms with E-state index in [1.165, 1.54) is 0 Å². The van der Waals surface area contributed by atoms with Gasteiger partial charge in [0.1, 0.15) is 0 Å². The minimum atomic E-state index is 0.0312. The first-order valence-corrected chi connectivity index (χ1v) is 4.97. The lowest BCUT2D eigenvalue weighted by molar-refractivity contribution is 0.631. The van der Waals surface area contributed by atoms with Crippen LogP contribution in [0.4, 0.5) is 0 Å². The van der Waals surface area contributed by atoms with Crippen LogP contribution in [0.2, 0.25) is 0 Å². The monoisotopic (exact) mass is 202 g/mol. The Morgan fingerprint density at radius 3 is 2.33 bits per heavy atom. The van der Waals surface area contributed by atoms with Gasteiger partial charge in [-0.15, -0.1) is 23.2 Å². The van der Waals surface area contributed by atoms with Gasteiger partial charge in [-0.25, -0.2) is 0 Å². The topological polar surface area (TPSA) is 0 Å². The van der Waals surface area contributed by atoms with Crippen LogP contribution in [0.15, 0.2) is 30.3 Å². The quantitative estimate of drug-likeness (QED) is 0.654. The van der Waals surface area contributed by atoms with Crippen molar-refractivity contribution >= 4 is 23.2 Å². The molecule has 0 saturated heterocycles. The Morgan fingerprint density at radius 1 is 1.25 bits per heavy atom. The number of hydrogen-bond donors (Lipinski definition) is 0. The van der Waals surface area contributed by atoms with E-state index in [9.17, 15) is 0 Å². The summed E-state index contributed by atoms with van der Waals surface area (Å²) < 4.78 is 0. The third-order valence-electron chi connectivity index (χ3n) is 1.86. The summed E-state index contributed by atoms with van der Waals surface area (Å²) >= 11 is 11.9. The molecule has 0 aliphatic heterocycles. The van der Waals surface area contributed by atoms with E-state index < -0.39 is 0 Å². The zero-order valence-corrected chi connectivity index (χ0v) is 8.52. The Hall–Kier alpha value is -0.200. The highest BCUT2D eigenvalue weighted by molar-refractivity contribution is 6.22. The van der Waals surface area contributed by atoms with Gasteiger partial charge in [0, 0.05) is 5.88 Å². The molecule has 1 aromatic carbocycles. The second-order valence-electron chi connectivity index (χ2n) is 2.94. The van der Waals surface area contributed by atoms with Crippen LogP contribution in [-0.4, -0.2) is 5.88 Å². The summed E-state index contributed by atoms with van der Waals surface area (Å²) in [5.74, 6) is 0.916. The lowest BCUT2D eigenvalue weighted by Crippen LogP contribution is -2.04. The van der Waals surface area contributed by atoms with E-state index in [0.29, 0.717) is 11.8 Å². The molecule has 0 nitrogen and oxygen atoms in total. The van der Waals surface area contributed by atoms with Gasteiger partial charge in [0.15, 0.2) is 0 Å². The van der Waals surface area contributed by atoms with E-state index in [4.69, 9.17) is 23.2 Å². The van der Waals surface area contributed by atoms with E-state index in [0.717, 1.165) is 5.56 Å². The normalized spacial score (nSPS) is 15.6. The summed E-state index contributed by atoms with van der Waals surface area (Å²) in [4.78, 5) is 0. The molecule has 0 heterocycles. The summed E-state index contributed by atoms with van der Waals surface area (Å²) in [6, 6.07) is 10.0. The highest BCUT2D eigenvalue weighted by atomic mass is 35.5. The van der Waals surface area contributed by atoms with E-state index >= 15 is 0 Å². The lowest BCUT2D eigenvalue weighted by atomic mass is 10.0. The van der Waals surface area contributed by atoms with Crippen molar-refractivity contribution in [3.63, 3.8) is 0 Å². The predicted molar refractivity (Wildman–Crippen MR) is 54.9 cm³/mol. The van der Waals surface area contributed by atoms with Crippen molar-refractivity contribution in [2.75, 3.05) is 5.88 Å². The Kier molecular flexibility index (Phi) is 3.90. The Labute approximate surface area is 83.5 Å². The first kappa shape index (κ1) is 9.88. The molecule has 2 heteroatoms. The third-order valence-corrected chi connectivity index (χ3v) is 3.03. The second-order valence-corrected chi connectivity index (χ2v) is 3.72. The van der Waals surface area contributed by atoms with Gasteiger partial charge in [-0.3, -0.25) is 0 Å². The zero-order chi connectivity index (χ0) is 8.97. The summed E-state index contributed by atoms with van der Waals surface area (Å²) in [6.45, 7) is 2.05. The third kappa shape index (κ3) is 2.40. The summed E-state index contributed by atoms with van der Waals surface area (Å²) in [6.07, 6.45) is 0. The van der Waals surface area contributed by atoms with E-state index in [1.807, 2.05) is 30.3 Å². The van der Waals surface area contributed by atoms with Crippen LogP contribution < -0.4 is 0 Å². The Morgan fingerprint density at radius 2 is 1.83 bits per heavy atom. The standard InChI is InChI=1S/C10H12Cl2/c1-8(7-11)10(12)9-5-3-2-4-6-9/h2-6,8,10H,7H2,1H3. The second kappa shape index (κ2) is 4.74. The summed E-state index contributed by atoms with van der Waals surface area (Å²) in [7, 11) is 0. The van der Waals surface area contributed by atoms with Crippen molar-refractivity contribution in [2.24, 2.45) is 5.92 Å². The van der Waals surface area contributed by atoms with E-state index in [2.05, 4.69) is 6.92 Å². The van der Waals surface area contributed by atoms with Crippen LogP contribution in [-0.2, 0) is 0 Å². The minimum Gasteiger partial charge on any atom is -0.126 e. The number of hydrogen-bond acceptors (Lipinski definition) is 0. The van der Waals surface area contributed by atoms with Gasteiger partial charge in [0.05, 0.1) is 5.38 Å². The van der Waals surface area contributed by atoms with Crippen LogP contribution in [0.3, 0.4) is 0 Å². The van der Waals surface area contributed by atoms with Crippen molar-refractivity contribution in [1.29, 1.82) is 0 Å². The van der Waals surface area contributed by atoms with Crippen molar-refractivity contribution in [3.05, 3.63) is 35.9 Å². The molecule has 2 unspecified atom stereocenters. The molecule has 0 N–H and O–H groups in total. The lowest BCUT2D eigenvalue weighted by Gasteiger charge is -2.14. The molecule has 0 radical (unpaired) electrons. The van der Waals surface area contributed by atoms with Crippen LogP contribution in [0, 0.1) is 5.92 Å². The molecule has 0 aromatic heterocycles. The Balaban J connectivity index is 2.71. The van der Waals surface area contributed by atoms with Crippen molar-refractivity contribution in [3.8, 4) is 0 Å². The molecule has 2 atom stereocenters. The van der Waals surface area contributed by atoms with Gasteiger partial charge in [-0.05, 0) is 11.5 Å². The molecule has 0 aliphatic carbocycles. The largest absolute Gasteiger partial charge is 0.126 e. The van der Waals surface area contributed by atoms with Crippen LogP contribution in [0.1, 0.15) is 17.9 Å².